The Kier molecular flexibility index (Phi) is 6.39. The van der Waals surface area contributed by atoms with Crippen molar-refractivity contribution in [2.75, 3.05) is 19.0 Å². The van der Waals surface area contributed by atoms with Crippen LogP contribution in [-0.2, 0) is 9.59 Å². The summed E-state index contributed by atoms with van der Waals surface area (Å²) in [7, 11) is 1.61. The maximum Gasteiger partial charge on any atom is 0.341 e. The first kappa shape index (κ1) is 18.3. The largest absolute Gasteiger partial charge is 0.496 e. The van der Waals surface area contributed by atoms with Crippen molar-refractivity contribution in [2.45, 2.75) is 19.3 Å². The molecule has 0 aliphatic rings. The standard InChI is InChI=1S/C19H21NO5/c1-13(16-5-3-4-6-17(16)24-2)11-18(21)20-14-7-9-15(10-8-14)25-12-19(22)23/h3-10,13H,11-12H2,1-2H3,(H,20,21)(H,22,23). The van der Waals surface area contributed by atoms with Crippen LogP contribution < -0.4 is 14.8 Å². The summed E-state index contributed by atoms with van der Waals surface area (Å²) in [5.74, 6) is 0.0557. The van der Waals surface area contributed by atoms with Gasteiger partial charge in [-0.15, -0.1) is 0 Å². The second-order valence-corrected chi connectivity index (χ2v) is 5.60. The Morgan fingerprint density at radius 1 is 1.12 bits per heavy atom. The molecule has 6 nitrogen and oxygen atoms in total. The lowest BCUT2D eigenvalue weighted by Gasteiger charge is -2.15. The first-order valence-electron chi connectivity index (χ1n) is 7.87. The number of hydrogen-bond donors (Lipinski definition) is 2. The number of nitrogens with one attached hydrogen (secondary N) is 1. The van der Waals surface area contributed by atoms with E-state index in [0.29, 0.717) is 17.9 Å². The number of carboxylic acid groups (broad SMARTS) is 1. The number of rotatable bonds is 8. The fraction of sp³-hybridized carbons (Fsp3) is 0.263. The molecule has 2 N–H and O–H groups in total. The maximum atomic E-state index is 12.2. The Bertz CT molecular complexity index is 727. The molecule has 1 atom stereocenters. The lowest BCUT2D eigenvalue weighted by Crippen LogP contribution is -2.15. The van der Waals surface area contributed by atoms with Crippen molar-refractivity contribution in [1.82, 2.24) is 0 Å². The molecule has 6 heteroatoms. The summed E-state index contributed by atoms with van der Waals surface area (Å²) in [6.45, 7) is 1.57. The van der Waals surface area contributed by atoms with Crippen LogP contribution in [-0.4, -0.2) is 30.7 Å². The smallest absolute Gasteiger partial charge is 0.341 e. The molecule has 0 saturated carbocycles. The van der Waals surface area contributed by atoms with Gasteiger partial charge in [0.25, 0.3) is 0 Å². The highest BCUT2D eigenvalue weighted by Gasteiger charge is 2.15. The minimum atomic E-state index is -1.04. The molecule has 2 aromatic carbocycles. The molecule has 0 spiro atoms. The van der Waals surface area contributed by atoms with E-state index < -0.39 is 12.6 Å². The van der Waals surface area contributed by atoms with E-state index in [9.17, 15) is 9.59 Å². The molecule has 25 heavy (non-hydrogen) atoms. The van der Waals surface area contributed by atoms with Crippen molar-refractivity contribution >= 4 is 17.6 Å². The van der Waals surface area contributed by atoms with Crippen molar-refractivity contribution in [3.05, 3.63) is 54.1 Å². The molecule has 0 fully saturated rings. The average molecular weight is 343 g/mol. The number of carboxylic acids is 1. The number of methoxy groups -OCH3 is 1. The molecule has 132 valence electrons. The predicted octanol–water partition coefficient (Wildman–Crippen LogP) is 3.29. The molecular formula is C19H21NO5. The van der Waals surface area contributed by atoms with Crippen LogP contribution in [0.1, 0.15) is 24.8 Å². The molecule has 0 heterocycles. The van der Waals surface area contributed by atoms with Crippen LogP contribution in [0.2, 0.25) is 0 Å². The van der Waals surface area contributed by atoms with Gasteiger partial charge in [0.15, 0.2) is 6.61 Å². The summed E-state index contributed by atoms with van der Waals surface area (Å²) in [5.41, 5.74) is 1.61. The number of aliphatic carboxylic acids is 1. The van der Waals surface area contributed by atoms with E-state index in [1.807, 2.05) is 31.2 Å². The van der Waals surface area contributed by atoms with E-state index >= 15 is 0 Å². The van der Waals surface area contributed by atoms with Crippen LogP contribution in [0.25, 0.3) is 0 Å². The number of amides is 1. The molecule has 0 aromatic heterocycles. The molecule has 1 amide bonds. The van der Waals surface area contributed by atoms with Crippen molar-refractivity contribution < 1.29 is 24.2 Å². The number of carbonyl (C=O) groups excluding carboxylic acids is 1. The Morgan fingerprint density at radius 3 is 2.44 bits per heavy atom. The molecule has 2 rings (SSSR count). The van der Waals surface area contributed by atoms with Gasteiger partial charge in [-0.2, -0.15) is 0 Å². The van der Waals surface area contributed by atoms with Gasteiger partial charge in [0.05, 0.1) is 7.11 Å². The van der Waals surface area contributed by atoms with Gasteiger partial charge in [-0.25, -0.2) is 4.79 Å². The lowest BCUT2D eigenvalue weighted by molar-refractivity contribution is -0.139. The lowest BCUT2D eigenvalue weighted by atomic mass is 9.96. The maximum absolute atomic E-state index is 12.2. The van der Waals surface area contributed by atoms with Crippen LogP contribution in [0, 0.1) is 0 Å². The minimum Gasteiger partial charge on any atom is -0.496 e. The third-order valence-corrected chi connectivity index (χ3v) is 3.66. The van der Waals surface area contributed by atoms with E-state index in [4.69, 9.17) is 14.6 Å². The highest BCUT2D eigenvalue weighted by Crippen LogP contribution is 2.28. The molecule has 0 aliphatic carbocycles. The molecule has 0 radical (unpaired) electrons. The van der Waals surface area contributed by atoms with Gasteiger partial charge in [0.1, 0.15) is 11.5 Å². The summed E-state index contributed by atoms with van der Waals surface area (Å²) < 4.78 is 10.4. The van der Waals surface area contributed by atoms with Gasteiger partial charge < -0.3 is 19.9 Å². The average Bonchev–Trinajstić information content (AvgIpc) is 2.60. The molecule has 0 bridgehead atoms. The number of carbonyl (C=O) groups is 2. The first-order chi connectivity index (χ1) is 12.0. The van der Waals surface area contributed by atoms with Gasteiger partial charge in [-0.05, 0) is 41.8 Å². The second kappa shape index (κ2) is 8.73. The van der Waals surface area contributed by atoms with Crippen molar-refractivity contribution in [2.24, 2.45) is 0 Å². The van der Waals surface area contributed by atoms with Gasteiger partial charge in [0.2, 0.25) is 5.91 Å². The fourth-order valence-corrected chi connectivity index (χ4v) is 2.45. The normalized spacial score (nSPS) is 11.4. The van der Waals surface area contributed by atoms with Gasteiger partial charge in [0, 0.05) is 12.1 Å². The fourth-order valence-electron chi connectivity index (χ4n) is 2.45. The Labute approximate surface area is 146 Å². The van der Waals surface area contributed by atoms with Gasteiger partial charge >= 0.3 is 5.97 Å². The van der Waals surface area contributed by atoms with Crippen LogP contribution in [0.5, 0.6) is 11.5 Å². The highest BCUT2D eigenvalue weighted by atomic mass is 16.5. The van der Waals surface area contributed by atoms with Crippen molar-refractivity contribution in [1.29, 1.82) is 0 Å². The van der Waals surface area contributed by atoms with E-state index in [1.54, 1.807) is 31.4 Å². The van der Waals surface area contributed by atoms with Gasteiger partial charge in [-0.1, -0.05) is 25.1 Å². The Morgan fingerprint density at radius 2 is 1.80 bits per heavy atom. The van der Waals surface area contributed by atoms with Crippen LogP contribution in [0.15, 0.2) is 48.5 Å². The second-order valence-electron chi connectivity index (χ2n) is 5.60. The zero-order valence-corrected chi connectivity index (χ0v) is 14.2. The third-order valence-electron chi connectivity index (χ3n) is 3.66. The Balaban J connectivity index is 1.92. The molecule has 0 aliphatic heterocycles. The first-order valence-corrected chi connectivity index (χ1v) is 7.87. The summed E-state index contributed by atoms with van der Waals surface area (Å²) in [6, 6.07) is 14.2. The van der Waals surface area contributed by atoms with E-state index in [1.165, 1.54) is 0 Å². The topological polar surface area (TPSA) is 84.9 Å². The van der Waals surface area contributed by atoms with Crippen LogP contribution in [0.3, 0.4) is 0 Å². The molecular weight excluding hydrogens is 322 g/mol. The van der Waals surface area contributed by atoms with Crippen molar-refractivity contribution in [3.8, 4) is 11.5 Å². The highest BCUT2D eigenvalue weighted by molar-refractivity contribution is 5.91. The number of para-hydroxylation sites is 1. The summed E-state index contributed by atoms with van der Waals surface area (Å²) >= 11 is 0. The number of ether oxygens (including phenoxy) is 2. The van der Waals surface area contributed by atoms with E-state index in [2.05, 4.69) is 5.32 Å². The quantitative estimate of drug-likeness (QED) is 0.768. The number of benzene rings is 2. The Hall–Kier alpha value is -3.02. The number of hydrogen-bond acceptors (Lipinski definition) is 4. The monoisotopic (exact) mass is 343 g/mol. The summed E-state index contributed by atoms with van der Waals surface area (Å²) in [6.07, 6.45) is 0.317. The minimum absolute atomic E-state index is 0.00863. The SMILES string of the molecule is COc1ccccc1C(C)CC(=O)Nc1ccc(OCC(=O)O)cc1. The predicted molar refractivity (Wildman–Crippen MR) is 94.2 cm³/mol. The summed E-state index contributed by atoms with van der Waals surface area (Å²) in [4.78, 5) is 22.7. The zero-order chi connectivity index (χ0) is 18.2. The van der Waals surface area contributed by atoms with Gasteiger partial charge in [-0.3, -0.25) is 4.79 Å². The zero-order valence-electron chi connectivity index (χ0n) is 14.2. The van der Waals surface area contributed by atoms with Crippen LogP contribution in [0.4, 0.5) is 5.69 Å². The molecule has 0 saturated heterocycles. The van der Waals surface area contributed by atoms with E-state index in [0.717, 1.165) is 11.3 Å². The molecule has 2 aromatic rings. The molecule has 1 unspecified atom stereocenters. The van der Waals surface area contributed by atoms with Crippen molar-refractivity contribution in [3.63, 3.8) is 0 Å². The van der Waals surface area contributed by atoms with Crippen LogP contribution >= 0.6 is 0 Å². The summed E-state index contributed by atoms with van der Waals surface area (Å²) in [5, 5.41) is 11.4. The van der Waals surface area contributed by atoms with E-state index in [-0.39, 0.29) is 11.8 Å². The number of anilines is 1. The third kappa shape index (κ3) is 5.53.